The summed E-state index contributed by atoms with van der Waals surface area (Å²) in [5.41, 5.74) is 0. The summed E-state index contributed by atoms with van der Waals surface area (Å²) < 4.78 is 5.21. The number of hydrogen-bond acceptors (Lipinski definition) is 4. The lowest BCUT2D eigenvalue weighted by atomic mass is 10.3. The lowest BCUT2D eigenvalue weighted by Gasteiger charge is -2.09. The zero-order valence-electron chi connectivity index (χ0n) is 9.70. The molecule has 1 aliphatic carbocycles. The summed E-state index contributed by atoms with van der Waals surface area (Å²) in [6.45, 7) is 2.00. The molecule has 0 radical (unpaired) electrons. The molecule has 16 heavy (non-hydrogen) atoms. The van der Waals surface area contributed by atoms with E-state index in [2.05, 4.69) is 15.6 Å². The Morgan fingerprint density at radius 1 is 1.44 bits per heavy atom. The smallest absolute Gasteiger partial charge is 0.168 e. The number of nitrogens with one attached hydrogen (secondary N) is 2. The van der Waals surface area contributed by atoms with Crippen molar-refractivity contribution in [2.45, 2.75) is 25.3 Å². The van der Waals surface area contributed by atoms with Crippen molar-refractivity contribution in [2.75, 3.05) is 25.5 Å². The summed E-state index contributed by atoms with van der Waals surface area (Å²) in [5.74, 6) is 1.63. The monoisotopic (exact) mass is 221 g/mol. The second-order valence-corrected chi connectivity index (χ2v) is 4.06. The molecule has 1 fully saturated rings. The maximum Gasteiger partial charge on any atom is 0.168 e. The van der Waals surface area contributed by atoms with Crippen LogP contribution in [0.25, 0.3) is 0 Å². The molecule has 4 heteroatoms. The Kier molecular flexibility index (Phi) is 3.99. The van der Waals surface area contributed by atoms with Crippen molar-refractivity contribution in [1.29, 1.82) is 0 Å². The SMILES string of the molecule is COc1cccnc1NCCCNC1CC1. The van der Waals surface area contributed by atoms with Crippen molar-refractivity contribution in [3.8, 4) is 5.75 Å². The van der Waals surface area contributed by atoms with E-state index in [1.807, 2.05) is 12.1 Å². The molecule has 1 aromatic heterocycles. The normalized spacial score (nSPS) is 14.8. The number of nitrogens with zero attached hydrogens (tertiary/aromatic N) is 1. The van der Waals surface area contributed by atoms with Gasteiger partial charge in [-0.25, -0.2) is 4.98 Å². The number of hydrogen-bond donors (Lipinski definition) is 2. The highest BCUT2D eigenvalue weighted by Crippen LogP contribution is 2.20. The maximum absolute atomic E-state index is 5.21. The summed E-state index contributed by atoms with van der Waals surface area (Å²) in [7, 11) is 1.66. The first kappa shape index (κ1) is 11.2. The van der Waals surface area contributed by atoms with Crippen molar-refractivity contribution < 1.29 is 4.74 Å². The summed E-state index contributed by atoms with van der Waals surface area (Å²) in [4.78, 5) is 4.24. The van der Waals surface area contributed by atoms with Gasteiger partial charge in [-0.2, -0.15) is 0 Å². The number of aromatic nitrogens is 1. The lowest BCUT2D eigenvalue weighted by Crippen LogP contribution is -2.20. The van der Waals surface area contributed by atoms with Crippen molar-refractivity contribution in [2.24, 2.45) is 0 Å². The van der Waals surface area contributed by atoms with E-state index in [9.17, 15) is 0 Å². The van der Waals surface area contributed by atoms with Gasteiger partial charge < -0.3 is 15.4 Å². The fourth-order valence-electron chi connectivity index (χ4n) is 1.58. The largest absolute Gasteiger partial charge is 0.493 e. The van der Waals surface area contributed by atoms with Gasteiger partial charge in [0.1, 0.15) is 0 Å². The van der Waals surface area contributed by atoms with Gasteiger partial charge >= 0.3 is 0 Å². The topological polar surface area (TPSA) is 46.2 Å². The average Bonchev–Trinajstić information content (AvgIpc) is 3.13. The molecule has 0 spiro atoms. The molecular formula is C12H19N3O. The average molecular weight is 221 g/mol. The molecule has 2 rings (SSSR count). The molecule has 0 amide bonds. The van der Waals surface area contributed by atoms with E-state index in [0.29, 0.717) is 0 Å². The minimum Gasteiger partial charge on any atom is -0.493 e. The number of pyridine rings is 1. The Bertz CT molecular complexity index is 326. The minimum atomic E-state index is 0.796. The molecular weight excluding hydrogens is 202 g/mol. The molecule has 0 unspecified atom stereocenters. The van der Waals surface area contributed by atoms with Crippen LogP contribution < -0.4 is 15.4 Å². The van der Waals surface area contributed by atoms with Crippen LogP contribution in [-0.4, -0.2) is 31.2 Å². The first-order valence-electron chi connectivity index (χ1n) is 5.86. The number of rotatable bonds is 7. The predicted molar refractivity (Wildman–Crippen MR) is 64.9 cm³/mol. The number of methoxy groups -OCH3 is 1. The Morgan fingerprint density at radius 2 is 2.31 bits per heavy atom. The van der Waals surface area contributed by atoms with E-state index in [4.69, 9.17) is 4.74 Å². The van der Waals surface area contributed by atoms with Gasteiger partial charge in [0.15, 0.2) is 11.6 Å². The minimum absolute atomic E-state index is 0.796. The highest BCUT2D eigenvalue weighted by molar-refractivity contribution is 5.49. The van der Waals surface area contributed by atoms with Crippen molar-refractivity contribution in [1.82, 2.24) is 10.3 Å². The van der Waals surface area contributed by atoms with Crippen LogP contribution in [0, 0.1) is 0 Å². The lowest BCUT2D eigenvalue weighted by molar-refractivity contribution is 0.414. The maximum atomic E-state index is 5.21. The standard InChI is InChI=1S/C12H19N3O/c1-16-11-4-2-7-14-12(11)15-9-3-8-13-10-5-6-10/h2,4,7,10,13H,3,5-6,8-9H2,1H3,(H,14,15). The fourth-order valence-corrected chi connectivity index (χ4v) is 1.58. The third-order valence-corrected chi connectivity index (χ3v) is 2.65. The van der Waals surface area contributed by atoms with Gasteiger partial charge in [-0.15, -0.1) is 0 Å². The third-order valence-electron chi connectivity index (χ3n) is 2.65. The van der Waals surface area contributed by atoms with E-state index in [-0.39, 0.29) is 0 Å². The Labute approximate surface area is 96.4 Å². The second kappa shape index (κ2) is 5.70. The second-order valence-electron chi connectivity index (χ2n) is 4.06. The molecule has 0 aliphatic heterocycles. The van der Waals surface area contributed by atoms with Crippen LogP contribution >= 0.6 is 0 Å². The molecule has 0 atom stereocenters. The zero-order valence-corrected chi connectivity index (χ0v) is 9.70. The molecule has 2 N–H and O–H groups in total. The summed E-state index contributed by atoms with van der Waals surface area (Å²) >= 11 is 0. The van der Waals surface area contributed by atoms with E-state index >= 15 is 0 Å². The van der Waals surface area contributed by atoms with E-state index in [1.165, 1.54) is 12.8 Å². The third kappa shape index (κ3) is 3.38. The van der Waals surface area contributed by atoms with E-state index in [1.54, 1.807) is 13.3 Å². The molecule has 4 nitrogen and oxygen atoms in total. The van der Waals surface area contributed by atoms with Crippen LogP contribution in [0.1, 0.15) is 19.3 Å². The fraction of sp³-hybridized carbons (Fsp3) is 0.583. The molecule has 1 saturated carbocycles. The van der Waals surface area contributed by atoms with Gasteiger partial charge in [0, 0.05) is 18.8 Å². The first-order chi connectivity index (χ1) is 7.90. The molecule has 0 bridgehead atoms. The molecule has 0 aromatic carbocycles. The van der Waals surface area contributed by atoms with Crippen LogP contribution in [0.2, 0.25) is 0 Å². The molecule has 88 valence electrons. The van der Waals surface area contributed by atoms with Crippen LogP contribution in [0.15, 0.2) is 18.3 Å². The summed E-state index contributed by atoms with van der Waals surface area (Å²) in [6.07, 6.45) is 5.58. The van der Waals surface area contributed by atoms with Gasteiger partial charge in [0.2, 0.25) is 0 Å². The molecule has 1 heterocycles. The Hall–Kier alpha value is -1.29. The molecule has 1 aliphatic rings. The first-order valence-corrected chi connectivity index (χ1v) is 5.86. The zero-order chi connectivity index (χ0) is 11.2. The number of ether oxygens (including phenoxy) is 1. The van der Waals surface area contributed by atoms with Crippen molar-refractivity contribution >= 4 is 5.82 Å². The number of anilines is 1. The van der Waals surface area contributed by atoms with Gasteiger partial charge in [-0.05, 0) is 37.9 Å². The van der Waals surface area contributed by atoms with Crippen LogP contribution in [0.3, 0.4) is 0 Å². The van der Waals surface area contributed by atoms with Gasteiger partial charge in [-0.1, -0.05) is 0 Å². The van der Waals surface area contributed by atoms with E-state index in [0.717, 1.165) is 37.1 Å². The van der Waals surface area contributed by atoms with Gasteiger partial charge in [0.25, 0.3) is 0 Å². The summed E-state index contributed by atoms with van der Waals surface area (Å²) in [5, 5.41) is 6.76. The van der Waals surface area contributed by atoms with Crippen LogP contribution in [0.5, 0.6) is 5.75 Å². The highest BCUT2D eigenvalue weighted by Gasteiger charge is 2.19. The van der Waals surface area contributed by atoms with Gasteiger partial charge in [-0.3, -0.25) is 0 Å². The predicted octanol–water partition coefficient (Wildman–Crippen LogP) is 1.64. The quantitative estimate of drug-likeness (QED) is 0.687. The van der Waals surface area contributed by atoms with Crippen LogP contribution in [0.4, 0.5) is 5.82 Å². The summed E-state index contributed by atoms with van der Waals surface area (Å²) in [6, 6.07) is 4.58. The Balaban J connectivity index is 1.67. The van der Waals surface area contributed by atoms with Crippen molar-refractivity contribution in [3.05, 3.63) is 18.3 Å². The van der Waals surface area contributed by atoms with E-state index < -0.39 is 0 Å². The molecule has 0 saturated heterocycles. The Morgan fingerprint density at radius 3 is 3.06 bits per heavy atom. The van der Waals surface area contributed by atoms with Crippen molar-refractivity contribution in [3.63, 3.8) is 0 Å². The molecule has 1 aromatic rings. The van der Waals surface area contributed by atoms with Gasteiger partial charge in [0.05, 0.1) is 7.11 Å². The van der Waals surface area contributed by atoms with Crippen LogP contribution in [-0.2, 0) is 0 Å². The highest BCUT2D eigenvalue weighted by atomic mass is 16.5.